The van der Waals surface area contributed by atoms with Crippen LogP contribution in [-0.2, 0) is 0 Å². The average molecular weight is 331 g/mol. The number of carbonyl (C=O) groups excluding carboxylic acids is 1. The van der Waals surface area contributed by atoms with E-state index in [9.17, 15) is 4.79 Å². The summed E-state index contributed by atoms with van der Waals surface area (Å²) in [5, 5.41) is 6.22. The minimum Gasteiger partial charge on any atom is -0.354 e. The fourth-order valence-electron chi connectivity index (χ4n) is 2.61. The lowest BCUT2D eigenvalue weighted by Gasteiger charge is -2.11. The molecule has 0 bridgehead atoms. The fourth-order valence-corrected chi connectivity index (χ4v) is 2.61. The summed E-state index contributed by atoms with van der Waals surface area (Å²) in [6.07, 6.45) is 1.67. The number of aryl methyl sites for hydroxylation is 3. The monoisotopic (exact) mass is 331 g/mol. The van der Waals surface area contributed by atoms with Crippen molar-refractivity contribution in [1.29, 1.82) is 0 Å². The largest absolute Gasteiger partial charge is 0.354 e. The van der Waals surface area contributed by atoms with Gasteiger partial charge < -0.3 is 10.6 Å². The van der Waals surface area contributed by atoms with Gasteiger partial charge in [-0.25, -0.2) is 4.98 Å². The number of carbonyl (C=O) groups is 1. The van der Waals surface area contributed by atoms with E-state index >= 15 is 0 Å². The SMILES string of the molecule is Cc1ccc(Nc2ccc(C(=O)Nc3ccccc3C)nc2)c(C)c1. The molecule has 4 nitrogen and oxygen atoms in total. The molecule has 4 heteroatoms. The number of anilines is 3. The van der Waals surface area contributed by atoms with Crippen LogP contribution in [-0.4, -0.2) is 10.9 Å². The van der Waals surface area contributed by atoms with Crippen molar-refractivity contribution in [2.45, 2.75) is 20.8 Å². The van der Waals surface area contributed by atoms with Crippen molar-refractivity contribution in [3.05, 3.63) is 83.2 Å². The lowest BCUT2D eigenvalue weighted by Crippen LogP contribution is -2.14. The van der Waals surface area contributed by atoms with E-state index < -0.39 is 0 Å². The molecule has 0 aliphatic carbocycles. The minimum atomic E-state index is -0.215. The zero-order chi connectivity index (χ0) is 17.8. The Morgan fingerprint density at radius 2 is 1.68 bits per heavy atom. The molecule has 1 heterocycles. The maximum atomic E-state index is 12.3. The Labute approximate surface area is 147 Å². The molecule has 0 atom stereocenters. The van der Waals surface area contributed by atoms with Crippen LogP contribution in [0.2, 0.25) is 0 Å². The molecule has 2 aromatic carbocycles. The average Bonchev–Trinajstić information content (AvgIpc) is 2.60. The van der Waals surface area contributed by atoms with Crippen LogP contribution in [0.5, 0.6) is 0 Å². The van der Waals surface area contributed by atoms with Crippen LogP contribution in [0, 0.1) is 20.8 Å². The van der Waals surface area contributed by atoms with Crippen LogP contribution in [0.15, 0.2) is 60.8 Å². The summed E-state index contributed by atoms with van der Waals surface area (Å²) in [5.41, 5.74) is 6.47. The number of rotatable bonds is 4. The number of pyridine rings is 1. The second kappa shape index (κ2) is 7.18. The van der Waals surface area contributed by atoms with Crippen LogP contribution >= 0.6 is 0 Å². The Hall–Kier alpha value is -3.14. The third-order valence-electron chi connectivity index (χ3n) is 4.05. The smallest absolute Gasteiger partial charge is 0.274 e. The number of nitrogens with zero attached hydrogens (tertiary/aromatic N) is 1. The first-order valence-electron chi connectivity index (χ1n) is 8.20. The number of hydrogen-bond donors (Lipinski definition) is 2. The molecule has 1 amide bonds. The standard InChI is InChI=1S/C21H21N3O/c1-14-8-10-19(16(3)12-14)23-17-9-11-20(22-13-17)21(25)24-18-7-5-4-6-15(18)2/h4-13,23H,1-3H3,(H,24,25). The summed E-state index contributed by atoms with van der Waals surface area (Å²) < 4.78 is 0. The third kappa shape index (κ3) is 4.04. The van der Waals surface area contributed by atoms with E-state index in [1.54, 1.807) is 12.3 Å². The minimum absolute atomic E-state index is 0.215. The summed E-state index contributed by atoms with van der Waals surface area (Å²) >= 11 is 0. The third-order valence-corrected chi connectivity index (χ3v) is 4.05. The highest BCUT2D eigenvalue weighted by atomic mass is 16.1. The van der Waals surface area contributed by atoms with Crippen LogP contribution in [0.1, 0.15) is 27.2 Å². The van der Waals surface area contributed by atoms with Crippen LogP contribution in [0.25, 0.3) is 0 Å². The van der Waals surface area contributed by atoms with Gasteiger partial charge >= 0.3 is 0 Å². The maximum Gasteiger partial charge on any atom is 0.274 e. The van der Waals surface area contributed by atoms with Gasteiger partial charge in [0.25, 0.3) is 5.91 Å². The van der Waals surface area contributed by atoms with Crippen molar-refractivity contribution in [1.82, 2.24) is 4.98 Å². The molecule has 0 saturated heterocycles. The lowest BCUT2D eigenvalue weighted by molar-refractivity contribution is 0.102. The first-order valence-corrected chi connectivity index (χ1v) is 8.20. The number of amides is 1. The van der Waals surface area contributed by atoms with E-state index in [1.807, 2.05) is 43.3 Å². The molecule has 0 saturated carbocycles. The molecule has 1 aromatic heterocycles. The van der Waals surface area contributed by atoms with E-state index in [0.29, 0.717) is 5.69 Å². The van der Waals surface area contributed by atoms with E-state index in [2.05, 4.69) is 41.6 Å². The zero-order valence-corrected chi connectivity index (χ0v) is 14.6. The van der Waals surface area contributed by atoms with Gasteiger partial charge in [0.15, 0.2) is 0 Å². The van der Waals surface area contributed by atoms with Gasteiger partial charge in [-0.1, -0.05) is 35.9 Å². The van der Waals surface area contributed by atoms with Crippen molar-refractivity contribution < 1.29 is 4.79 Å². The van der Waals surface area contributed by atoms with Crippen molar-refractivity contribution in [3.8, 4) is 0 Å². The van der Waals surface area contributed by atoms with Gasteiger partial charge in [-0.05, 0) is 56.2 Å². The quantitative estimate of drug-likeness (QED) is 0.707. The van der Waals surface area contributed by atoms with E-state index in [0.717, 1.165) is 22.6 Å². The zero-order valence-electron chi connectivity index (χ0n) is 14.6. The van der Waals surface area contributed by atoms with Crippen LogP contribution in [0.4, 0.5) is 17.1 Å². The molecule has 0 unspecified atom stereocenters. The first kappa shape index (κ1) is 16.7. The molecule has 0 aliphatic rings. The predicted octanol–water partition coefficient (Wildman–Crippen LogP) is 5.00. The molecular formula is C21H21N3O. The van der Waals surface area contributed by atoms with Crippen molar-refractivity contribution >= 4 is 23.0 Å². The normalized spacial score (nSPS) is 10.4. The Morgan fingerprint density at radius 1 is 0.880 bits per heavy atom. The summed E-state index contributed by atoms with van der Waals surface area (Å²) in [4.78, 5) is 16.6. The highest BCUT2D eigenvalue weighted by Gasteiger charge is 2.09. The highest BCUT2D eigenvalue weighted by molar-refractivity contribution is 6.03. The summed E-state index contributed by atoms with van der Waals surface area (Å²) in [5.74, 6) is -0.215. The predicted molar refractivity (Wildman–Crippen MR) is 103 cm³/mol. The summed E-state index contributed by atoms with van der Waals surface area (Å²) in [7, 11) is 0. The molecule has 2 N–H and O–H groups in total. The molecule has 0 aliphatic heterocycles. The molecule has 3 aromatic rings. The number of hydrogen-bond acceptors (Lipinski definition) is 3. The summed E-state index contributed by atoms with van der Waals surface area (Å²) in [6.45, 7) is 6.09. The Bertz CT molecular complexity index is 901. The van der Waals surface area contributed by atoms with E-state index in [-0.39, 0.29) is 5.91 Å². The second-order valence-electron chi connectivity index (χ2n) is 6.14. The number of benzene rings is 2. The molecule has 0 fully saturated rings. The van der Waals surface area contributed by atoms with Gasteiger partial charge in [0.2, 0.25) is 0 Å². The highest BCUT2D eigenvalue weighted by Crippen LogP contribution is 2.21. The van der Waals surface area contributed by atoms with Gasteiger partial charge in [-0.2, -0.15) is 0 Å². The first-order chi connectivity index (χ1) is 12.0. The van der Waals surface area contributed by atoms with E-state index in [1.165, 1.54) is 11.1 Å². The number of nitrogens with one attached hydrogen (secondary N) is 2. The van der Waals surface area contributed by atoms with Crippen LogP contribution < -0.4 is 10.6 Å². The lowest BCUT2D eigenvalue weighted by atomic mass is 10.1. The Kier molecular flexibility index (Phi) is 4.80. The topological polar surface area (TPSA) is 54.0 Å². The molecule has 3 rings (SSSR count). The van der Waals surface area contributed by atoms with E-state index in [4.69, 9.17) is 0 Å². The van der Waals surface area contributed by atoms with Gasteiger partial charge in [0.1, 0.15) is 5.69 Å². The fraction of sp³-hybridized carbons (Fsp3) is 0.143. The maximum absolute atomic E-state index is 12.3. The van der Waals surface area contributed by atoms with Gasteiger partial charge in [0, 0.05) is 11.4 Å². The van der Waals surface area contributed by atoms with Gasteiger partial charge in [-0.3, -0.25) is 4.79 Å². The molecular weight excluding hydrogens is 310 g/mol. The van der Waals surface area contributed by atoms with Gasteiger partial charge in [-0.15, -0.1) is 0 Å². The van der Waals surface area contributed by atoms with Crippen molar-refractivity contribution in [3.63, 3.8) is 0 Å². The van der Waals surface area contributed by atoms with Gasteiger partial charge in [0.05, 0.1) is 11.9 Å². The summed E-state index contributed by atoms with van der Waals surface area (Å²) in [6, 6.07) is 17.5. The Balaban J connectivity index is 1.71. The van der Waals surface area contributed by atoms with Crippen molar-refractivity contribution in [2.75, 3.05) is 10.6 Å². The van der Waals surface area contributed by atoms with Crippen LogP contribution in [0.3, 0.4) is 0 Å². The molecule has 126 valence electrons. The second-order valence-corrected chi connectivity index (χ2v) is 6.14. The molecule has 0 spiro atoms. The molecule has 0 radical (unpaired) electrons. The number of aromatic nitrogens is 1. The Morgan fingerprint density at radius 3 is 2.36 bits per heavy atom. The van der Waals surface area contributed by atoms with Crippen molar-refractivity contribution in [2.24, 2.45) is 0 Å². The molecule has 25 heavy (non-hydrogen) atoms. The number of para-hydroxylation sites is 1.